The van der Waals surface area contributed by atoms with Crippen LogP contribution in [0.3, 0.4) is 0 Å². The fourth-order valence-corrected chi connectivity index (χ4v) is 15.5. The van der Waals surface area contributed by atoms with Crippen molar-refractivity contribution in [1.29, 1.82) is 0 Å². The molecule has 85 heavy (non-hydrogen) atoms. The Morgan fingerprint density at radius 1 is 0.424 bits per heavy atom. The van der Waals surface area contributed by atoms with Gasteiger partial charge in [-0.25, -0.2) is 33.6 Å². The van der Waals surface area contributed by atoms with E-state index in [1.165, 1.54) is 6.92 Å². The molecule has 458 valence electrons. The molecule has 0 radical (unpaired) electrons. The number of esters is 12. The van der Waals surface area contributed by atoms with E-state index >= 15 is 0 Å². The number of fused-ring (bicyclic) bond motifs is 6. The molecule has 23 atom stereocenters. The number of carbonyl (C=O) groups excluding carboxylic acids is 12. The molecule has 14 rings (SSSR count). The lowest BCUT2D eigenvalue weighted by Crippen LogP contribution is -2.37. The van der Waals surface area contributed by atoms with Gasteiger partial charge in [-0.15, -0.1) is 0 Å². The highest BCUT2D eigenvalue weighted by atomic mass is 16.6. The highest BCUT2D eigenvalue weighted by molar-refractivity contribution is 5.89. The molecule has 0 spiro atoms. The smallest absolute Gasteiger partial charge is 0.344 e. The van der Waals surface area contributed by atoms with Crippen molar-refractivity contribution >= 4 is 71.6 Å². The van der Waals surface area contributed by atoms with Gasteiger partial charge in [0.2, 0.25) is 0 Å². The third-order valence-corrected chi connectivity index (χ3v) is 19.3. The van der Waals surface area contributed by atoms with E-state index in [0.717, 1.165) is 69.9 Å². The molecule has 10 bridgehead atoms. The minimum Gasteiger partial charge on any atom is -0.458 e. The first-order chi connectivity index (χ1) is 40.4. The Labute approximate surface area is 488 Å². The predicted octanol–water partition coefficient (Wildman–Crippen LogP) is 3.73. The summed E-state index contributed by atoms with van der Waals surface area (Å²) < 4.78 is 62.0. The van der Waals surface area contributed by atoms with E-state index in [4.69, 9.17) is 52.1 Å². The molecule has 5 aliphatic heterocycles. The summed E-state index contributed by atoms with van der Waals surface area (Å²) in [5, 5.41) is 0. The summed E-state index contributed by atoms with van der Waals surface area (Å²) in [5.41, 5.74) is 0.996. The Hall–Kier alpha value is -7.66. The summed E-state index contributed by atoms with van der Waals surface area (Å²) in [6.45, 7) is 20.9. The van der Waals surface area contributed by atoms with Gasteiger partial charge in [0.25, 0.3) is 0 Å². The lowest BCUT2D eigenvalue weighted by Gasteiger charge is -2.25. The molecule has 0 aromatic carbocycles. The largest absolute Gasteiger partial charge is 0.458 e. The van der Waals surface area contributed by atoms with Crippen molar-refractivity contribution in [3.8, 4) is 0 Å². The van der Waals surface area contributed by atoms with Crippen LogP contribution < -0.4 is 0 Å². The van der Waals surface area contributed by atoms with Crippen LogP contribution in [0.4, 0.5) is 0 Å². The molecule has 0 aromatic rings. The maximum absolute atomic E-state index is 11.7. The normalized spacial score (nSPS) is 39.1. The molecular weight excluding hydrogens is 1120 g/mol. The second-order valence-electron chi connectivity index (χ2n) is 24.7. The van der Waals surface area contributed by atoms with Gasteiger partial charge in [-0.05, 0) is 85.0 Å². The van der Waals surface area contributed by atoms with Crippen LogP contribution >= 0.6 is 0 Å². The Bertz CT molecular complexity index is 2890. The van der Waals surface area contributed by atoms with Crippen molar-refractivity contribution in [2.45, 2.75) is 152 Å². The summed E-state index contributed by atoms with van der Waals surface area (Å²) in [7, 11) is 0. The Morgan fingerprint density at radius 3 is 1.18 bits per heavy atom. The Kier molecular flexibility index (Phi) is 17.3. The molecule has 5 saturated heterocycles. The van der Waals surface area contributed by atoms with E-state index in [0.29, 0.717) is 35.8 Å². The first kappa shape index (κ1) is 60.5. The van der Waals surface area contributed by atoms with Crippen molar-refractivity contribution < 1.29 is 114 Å². The van der Waals surface area contributed by atoms with E-state index in [1.807, 2.05) is 0 Å². The molecule has 9 aliphatic carbocycles. The molecule has 24 nitrogen and oxygen atoms in total. The van der Waals surface area contributed by atoms with Crippen LogP contribution in [0.15, 0.2) is 61.8 Å². The third-order valence-electron chi connectivity index (χ3n) is 19.3. The van der Waals surface area contributed by atoms with Gasteiger partial charge in [0.15, 0.2) is 13.2 Å². The average molecular weight is 1190 g/mol. The number of rotatable bonds is 14. The highest BCUT2D eigenvalue weighted by Crippen LogP contribution is 2.58. The number of ether oxygens (including phenoxy) is 12. The molecular formula is C61H70O24. The lowest BCUT2D eigenvalue weighted by molar-refractivity contribution is -0.168. The fourth-order valence-electron chi connectivity index (χ4n) is 15.5. The summed E-state index contributed by atoms with van der Waals surface area (Å²) in [6.07, 6.45) is 8.23. The highest BCUT2D eigenvalue weighted by Gasteiger charge is 2.66. The van der Waals surface area contributed by atoms with Gasteiger partial charge < -0.3 is 56.8 Å². The van der Waals surface area contributed by atoms with Gasteiger partial charge in [0.05, 0.1) is 29.6 Å². The van der Waals surface area contributed by atoms with Gasteiger partial charge in [-0.1, -0.05) is 32.9 Å². The molecule has 0 N–H and O–H groups in total. The zero-order chi connectivity index (χ0) is 61.0. The molecule has 0 amide bonds. The Morgan fingerprint density at radius 2 is 0.788 bits per heavy atom. The van der Waals surface area contributed by atoms with Gasteiger partial charge in [0.1, 0.15) is 61.0 Å². The van der Waals surface area contributed by atoms with Crippen LogP contribution in [0, 0.1) is 76.9 Å². The van der Waals surface area contributed by atoms with E-state index in [2.05, 4.69) is 37.6 Å². The lowest BCUT2D eigenvalue weighted by atomic mass is 9.88. The molecule has 23 unspecified atom stereocenters. The summed E-state index contributed by atoms with van der Waals surface area (Å²) in [6, 6.07) is 0. The van der Waals surface area contributed by atoms with Crippen molar-refractivity contribution in [2.24, 2.45) is 76.9 Å². The van der Waals surface area contributed by atoms with Crippen LogP contribution in [0.1, 0.15) is 91.4 Å². The maximum atomic E-state index is 11.7. The standard InChI is InChI=1S/C14H16O6.C13H14O6.C12H14O4.C11H12O4.C11H14O4/c1-6(2)13(16)18-5-10(15)19-11-7-3-8-9(4-7)14(17)20-12(8)11;1-2-9(14)17-5-10(15)18-11-6-3-7-8(4-6)13(16)19-12(7)11;1-5(2)11(13)15-9-6-3-7-8(4-6)12(14)16-10(7)9;1-2-8(12)14-9-5-3-6-7(4-5)11(13)15-10(6)9;1-6(2)10(12)14-8-4-3-7-5-9(8)15-11(7)13/h7-9,11-12H,1,3-5H2,2H3;2,6-8,11-12H,1,3-5H2;6-10H,1,3-4H2,2H3;2,5-7,9-10H,1,3-4H2;7-9H,1,3-5H2,2H3. The van der Waals surface area contributed by atoms with Gasteiger partial charge in [-0.2, -0.15) is 0 Å². The first-order valence-electron chi connectivity index (χ1n) is 29.0. The fraction of sp³-hybridized carbons (Fsp3) is 0.639. The number of hydrogen-bond acceptors (Lipinski definition) is 24. The van der Waals surface area contributed by atoms with Crippen LogP contribution in [0.5, 0.6) is 0 Å². The van der Waals surface area contributed by atoms with Crippen molar-refractivity contribution in [3.05, 3.63) is 61.8 Å². The predicted molar refractivity (Wildman–Crippen MR) is 282 cm³/mol. The van der Waals surface area contributed by atoms with Gasteiger partial charge in [0, 0.05) is 82.6 Å². The molecule has 0 aromatic heterocycles. The summed E-state index contributed by atoms with van der Waals surface area (Å²) in [5.74, 6) is -2.39. The molecule has 24 heteroatoms. The SMILES string of the molecule is C=C(C)C(=O)OC1C2CC3C(=O)OC1C3C2.C=C(C)C(=O)OC1CCC2CC1OC2=O.C=C(C)C(=O)OCC(=O)OC1C2CC3C(=O)OC1C3C2.C=CC(=O)OC1C2CC3C(=O)OC1C3C2.C=CC(=O)OCC(=O)OC1C2CC3C(=O)OC1C3C2. The van der Waals surface area contributed by atoms with Crippen LogP contribution in [0.25, 0.3) is 0 Å². The Balaban J connectivity index is 0.000000119. The first-order valence-corrected chi connectivity index (χ1v) is 29.0. The quantitative estimate of drug-likeness (QED) is 0.136. The number of hydrogen-bond donors (Lipinski definition) is 0. The zero-order valence-electron chi connectivity index (χ0n) is 47.5. The van der Waals surface area contributed by atoms with E-state index < -0.39 is 55.1 Å². The van der Waals surface area contributed by atoms with Crippen molar-refractivity contribution in [1.82, 2.24) is 0 Å². The minimum absolute atomic E-state index is 0.0106. The van der Waals surface area contributed by atoms with Crippen LogP contribution in [0.2, 0.25) is 0 Å². The van der Waals surface area contributed by atoms with E-state index in [9.17, 15) is 57.5 Å². The third kappa shape index (κ3) is 12.0. The second kappa shape index (κ2) is 24.4. The van der Waals surface area contributed by atoms with Crippen molar-refractivity contribution in [2.75, 3.05) is 13.2 Å². The van der Waals surface area contributed by atoms with Crippen molar-refractivity contribution in [3.63, 3.8) is 0 Å². The summed E-state index contributed by atoms with van der Waals surface area (Å²) in [4.78, 5) is 136. The molecule has 9 saturated carbocycles. The second-order valence-corrected chi connectivity index (χ2v) is 24.7. The molecule has 14 aliphatic rings. The maximum Gasteiger partial charge on any atom is 0.344 e. The minimum atomic E-state index is -0.669. The zero-order valence-corrected chi connectivity index (χ0v) is 47.5. The van der Waals surface area contributed by atoms with Gasteiger partial charge in [-0.3, -0.25) is 24.0 Å². The van der Waals surface area contributed by atoms with Crippen LogP contribution in [-0.4, -0.2) is 146 Å². The van der Waals surface area contributed by atoms with Crippen LogP contribution in [-0.2, 0) is 114 Å². The average Bonchev–Trinajstić information content (AvgIpc) is 2.38. The molecule has 5 heterocycles. The number of carbonyl (C=O) groups is 12. The summed E-state index contributed by atoms with van der Waals surface area (Å²) >= 11 is 0. The monoisotopic (exact) mass is 1190 g/mol. The van der Waals surface area contributed by atoms with Gasteiger partial charge >= 0.3 is 71.6 Å². The van der Waals surface area contributed by atoms with E-state index in [-0.39, 0.29) is 161 Å². The topological polar surface area (TPSA) is 316 Å². The molecule has 14 fully saturated rings. The van der Waals surface area contributed by atoms with E-state index in [1.54, 1.807) is 13.8 Å².